The maximum Gasteiger partial charge on any atom is 0.276 e. The third-order valence-electron chi connectivity index (χ3n) is 6.22. The molecule has 2 aliphatic heterocycles. The number of carbonyl (C=O) groups excluding carboxylic acids is 1. The van der Waals surface area contributed by atoms with Crippen LogP contribution >= 0.6 is 0 Å². The van der Waals surface area contributed by atoms with Crippen LogP contribution in [0, 0.1) is 11.6 Å². The van der Waals surface area contributed by atoms with E-state index >= 15 is 4.39 Å². The Morgan fingerprint density at radius 3 is 2.68 bits per heavy atom. The fraction of sp³-hybridized carbons (Fsp3) is 0.261. The van der Waals surface area contributed by atoms with Crippen molar-refractivity contribution < 1.29 is 18.7 Å². The Morgan fingerprint density at radius 2 is 1.90 bits per heavy atom. The molecular formula is C23H19F2N3O3. The van der Waals surface area contributed by atoms with Crippen molar-refractivity contribution >= 4 is 5.91 Å². The molecular weight excluding hydrogens is 404 g/mol. The number of amides is 1. The highest BCUT2D eigenvalue weighted by Gasteiger charge is 2.48. The summed E-state index contributed by atoms with van der Waals surface area (Å²) in [6.45, 7) is 0.454. The van der Waals surface area contributed by atoms with E-state index in [-0.39, 0.29) is 11.7 Å². The van der Waals surface area contributed by atoms with Gasteiger partial charge in [-0.15, -0.1) is 0 Å². The van der Waals surface area contributed by atoms with Gasteiger partial charge in [-0.05, 0) is 42.2 Å². The summed E-state index contributed by atoms with van der Waals surface area (Å²) in [5, 5.41) is 14.6. The van der Waals surface area contributed by atoms with Crippen LogP contribution in [-0.4, -0.2) is 38.3 Å². The van der Waals surface area contributed by atoms with Crippen molar-refractivity contribution in [2.45, 2.75) is 30.8 Å². The Labute approximate surface area is 176 Å². The molecule has 0 spiro atoms. The zero-order chi connectivity index (χ0) is 21.7. The van der Waals surface area contributed by atoms with Crippen LogP contribution in [0.2, 0.25) is 0 Å². The molecule has 3 atom stereocenters. The summed E-state index contributed by atoms with van der Waals surface area (Å²) >= 11 is 0. The molecule has 1 aromatic heterocycles. The lowest BCUT2D eigenvalue weighted by molar-refractivity contribution is 0.0564. The van der Waals surface area contributed by atoms with Crippen LogP contribution in [0.5, 0.6) is 5.75 Å². The van der Waals surface area contributed by atoms with Crippen LogP contribution in [0.4, 0.5) is 8.78 Å². The van der Waals surface area contributed by atoms with Gasteiger partial charge in [0.15, 0.2) is 11.4 Å². The molecule has 5 rings (SSSR count). The van der Waals surface area contributed by atoms with Crippen molar-refractivity contribution in [1.82, 2.24) is 14.7 Å². The van der Waals surface area contributed by atoms with Crippen LogP contribution in [-0.2, 0) is 0 Å². The molecule has 0 radical (unpaired) electrons. The lowest BCUT2D eigenvalue weighted by Crippen LogP contribution is -2.51. The largest absolute Gasteiger partial charge is 0.502 e. The average molecular weight is 423 g/mol. The van der Waals surface area contributed by atoms with Crippen molar-refractivity contribution in [3.8, 4) is 5.75 Å². The zero-order valence-corrected chi connectivity index (χ0v) is 16.4. The fourth-order valence-electron chi connectivity index (χ4n) is 4.93. The van der Waals surface area contributed by atoms with E-state index in [1.54, 1.807) is 35.2 Å². The standard InChI is InChI=1S/C23H19F2N3O3/c24-14-6-3-5-13(11-14)19(15-7-1-2-8-16(15)25)20-17-9-4-10-27(17)23(31)21-22(30)18(29)12-26-28(20)21/h1-3,5-8,11-12,17,19-20,30H,4,9-10H2/t17-,19?,20-/m1/s1. The van der Waals surface area contributed by atoms with Gasteiger partial charge in [0.25, 0.3) is 5.91 Å². The molecule has 0 aliphatic carbocycles. The minimum Gasteiger partial charge on any atom is -0.502 e. The van der Waals surface area contributed by atoms with Gasteiger partial charge < -0.3 is 10.0 Å². The van der Waals surface area contributed by atoms with Gasteiger partial charge in [-0.2, -0.15) is 5.10 Å². The van der Waals surface area contributed by atoms with E-state index in [1.165, 1.54) is 22.9 Å². The summed E-state index contributed by atoms with van der Waals surface area (Å²) < 4.78 is 30.5. The number of halogens is 2. The predicted molar refractivity (Wildman–Crippen MR) is 108 cm³/mol. The second-order valence-electron chi connectivity index (χ2n) is 7.90. The molecule has 6 nitrogen and oxygen atoms in total. The van der Waals surface area contributed by atoms with E-state index in [4.69, 9.17) is 0 Å². The third kappa shape index (κ3) is 3.01. The lowest BCUT2D eigenvalue weighted by atomic mass is 9.79. The van der Waals surface area contributed by atoms with Crippen molar-refractivity contribution in [1.29, 1.82) is 0 Å². The summed E-state index contributed by atoms with van der Waals surface area (Å²) in [4.78, 5) is 26.7. The zero-order valence-electron chi connectivity index (χ0n) is 16.4. The summed E-state index contributed by atoms with van der Waals surface area (Å²) in [7, 11) is 0. The van der Waals surface area contributed by atoms with E-state index in [9.17, 15) is 19.1 Å². The molecule has 1 saturated heterocycles. The van der Waals surface area contributed by atoms with Crippen molar-refractivity contribution in [3.05, 3.63) is 93.4 Å². The van der Waals surface area contributed by atoms with Gasteiger partial charge in [0.2, 0.25) is 5.43 Å². The smallest absolute Gasteiger partial charge is 0.276 e. The van der Waals surface area contributed by atoms with Gasteiger partial charge in [0, 0.05) is 12.5 Å². The van der Waals surface area contributed by atoms with E-state index in [2.05, 4.69) is 5.10 Å². The molecule has 3 heterocycles. The minimum absolute atomic E-state index is 0.214. The minimum atomic E-state index is -0.760. The number of hydrogen-bond donors (Lipinski definition) is 1. The highest BCUT2D eigenvalue weighted by Crippen LogP contribution is 2.46. The van der Waals surface area contributed by atoms with Crippen LogP contribution in [0.25, 0.3) is 0 Å². The Balaban J connectivity index is 1.81. The van der Waals surface area contributed by atoms with Crippen LogP contribution in [0.1, 0.15) is 46.4 Å². The van der Waals surface area contributed by atoms with Crippen molar-refractivity contribution in [2.24, 2.45) is 0 Å². The topological polar surface area (TPSA) is 75.4 Å². The Kier molecular flexibility index (Phi) is 4.57. The normalized spacial score (nSPS) is 21.0. The van der Waals surface area contributed by atoms with Crippen LogP contribution in [0.3, 0.4) is 0 Å². The predicted octanol–water partition coefficient (Wildman–Crippen LogP) is 3.22. The van der Waals surface area contributed by atoms with Gasteiger partial charge >= 0.3 is 0 Å². The summed E-state index contributed by atoms with van der Waals surface area (Å²) in [5.74, 6) is -2.80. The number of benzene rings is 2. The molecule has 2 aliphatic rings. The number of carbonyl (C=O) groups is 1. The van der Waals surface area contributed by atoms with E-state index in [0.717, 1.165) is 12.6 Å². The maximum absolute atomic E-state index is 15.0. The SMILES string of the molecule is O=C1c2c(O)c(=O)cnn2[C@@H](C(c2cccc(F)c2)c2ccccc2F)[C@H]2CCCN12. The molecule has 8 heteroatoms. The Bertz CT molecular complexity index is 1240. The number of aromatic hydroxyl groups is 1. The summed E-state index contributed by atoms with van der Waals surface area (Å²) in [6.07, 6.45) is 2.32. The van der Waals surface area contributed by atoms with Crippen molar-refractivity contribution in [2.75, 3.05) is 6.54 Å². The molecule has 0 bridgehead atoms. The monoisotopic (exact) mass is 423 g/mol. The second kappa shape index (κ2) is 7.30. The molecule has 3 aromatic rings. The number of rotatable bonds is 3. The first kappa shape index (κ1) is 19.4. The molecule has 1 fully saturated rings. The molecule has 1 amide bonds. The second-order valence-corrected chi connectivity index (χ2v) is 7.90. The molecule has 158 valence electrons. The number of hydrogen-bond acceptors (Lipinski definition) is 4. The molecule has 31 heavy (non-hydrogen) atoms. The van der Waals surface area contributed by atoms with Gasteiger partial charge in [-0.25, -0.2) is 8.78 Å². The van der Waals surface area contributed by atoms with Gasteiger partial charge in [0.05, 0.1) is 18.3 Å². The van der Waals surface area contributed by atoms with Gasteiger partial charge in [0.1, 0.15) is 11.6 Å². The number of aromatic nitrogens is 2. The first-order valence-corrected chi connectivity index (χ1v) is 10.1. The summed E-state index contributed by atoms with van der Waals surface area (Å²) in [5.41, 5.74) is -0.134. The molecule has 1 N–H and O–H groups in total. The Morgan fingerprint density at radius 1 is 1.10 bits per heavy atom. The van der Waals surface area contributed by atoms with Gasteiger partial charge in [-0.3, -0.25) is 14.3 Å². The maximum atomic E-state index is 15.0. The highest BCUT2D eigenvalue weighted by atomic mass is 19.1. The first-order chi connectivity index (χ1) is 15.0. The van der Waals surface area contributed by atoms with Crippen LogP contribution in [0.15, 0.2) is 59.5 Å². The average Bonchev–Trinajstić information content (AvgIpc) is 3.24. The van der Waals surface area contributed by atoms with E-state index in [1.807, 2.05) is 0 Å². The van der Waals surface area contributed by atoms with Crippen molar-refractivity contribution in [3.63, 3.8) is 0 Å². The number of fused-ring (bicyclic) bond motifs is 2. The fourth-order valence-corrected chi connectivity index (χ4v) is 4.93. The Hall–Kier alpha value is -3.55. The molecule has 0 saturated carbocycles. The van der Waals surface area contributed by atoms with E-state index < -0.39 is 40.7 Å². The first-order valence-electron chi connectivity index (χ1n) is 10.1. The lowest BCUT2D eigenvalue weighted by Gasteiger charge is -2.42. The highest BCUT2D eigenvalue weighted by molar-refractivity contribution is 5.96. The number of nitrogens with zero attached hydrogens (tertiary/aromatic N) is 3. The summed E-state index contributed by atoms with van der Waals surface area (Å²) in [6, 6.07) is 11.2. The molecule has 1 unspecified atom stereocenters. The van der Waals surface area contributed by atoms with Crippen LogP contribution < -0.4 is 5.43 Å². The third-order valence-corrected chi connectivity index (χ3v) is 6.22. The van der Waals surface area contributed by atoms with Gasteiger partial charge in [-0.1, -0.05) is 30.3 Å². The molecule has 2 aromatic carbocycles. The van der Waals surface area contributed by atoms with E-state index in [0.29, 0.717) is 24.1 Å². The quantitative estimate of drug-likeness (QED) is 0.702.